The molecule has 22 valence electrons. The molecule has 0 saturated carbocycles. The van der Waals surface area contributed by atoms with Gasteiger partial charge in [-0.15, -0.1) is 0 Å². The van der Waals surface area contributed by atoms with Gasteiger partial charge in [-0.25, -0.2) is 0 Å². The molecule has 0 radical (unpaired) electrons. The second-order valence-corrected chi connectivity index (χ2v) is 0. The maximum absolute atomic E-state index is 0. The van der Waals surface area contributed by atoms with Crippen molar-refractivity contribution in [2.75, 3.05) is 0 Å². The Morgan fingerprint density at radius 1 is 1.00 bits per heavy atom. The van der Waals surface area contributed by atoms with Gasteiger partial charge in [0.25, 0.3) is 0 Å². The Morgan fingerprint density at radius 2 is 1.00 bits per heavy atom. The van der Waals surface area contributed by atoms with E-state index in [2.05, 4.69) is 0 Å². The van der Waals surface area contributed by atoms with Gasteiger partial charge in [-0.2, -0.15) is 0 Å². The minimum atomic E-state index is 0. The molecule has 0 heterocycles. The average Bonchev–Trinajstić information content (AvgIpc) is 0. The zero-order valence-electron chi connectivity index (χ0n) is 1.71. The number of rotatable bonds is 0. The summed E-state index contributed by atoms with van der Waals surface area (Å²) < 4.78 is 0. The first-order valence-electron chi connectivity index (χ1n) is 0. The van der Waals surface area contributed by atoms with E-state index < -0.39 is 0 Å². The summed E-state index contributed by atoms with van der Waals surface area (Å²) in [5.41, 5.74) is 0. The Bertz CT molecular complexity index is 8.00. The maximum Gasteiger partial charge on any atom is 0 e. The van der Waals surface area contributed by atoms with Crippen molar-refractivity contribution in [3.63, 3.8) is 0 Å². The molecule has 0 aliphatic rings. The molecule has 0 aliphatic carbocycles. The third kappa shape index (κ3) is 8.93. The summed E-state index contributed by atoms with van der Waals surface area (Å²) in [4.78, 5) is 0. The summed E-state index contributed by atoms with van der Waals surface area (Å²) in [7, 11) is 0. The van der Waals surface area contributed by atoms with Crippen molar-refractivity contribution < 1.29 is 19.5 Å². The molecule has 0 aromatic heterocycles. The van der Waals surface area contributed by atoms with Gasteiger partial charge in [-0.05, 0) is 0 Å². The molecule has 0 aliphatic heterocycles. The first kappa shape index (κ1) is 36.0. The van der Waals surface area contributed by atoms with E-state index in [0.29, 0.717) is 0 Å². The molecule has 0 fully saturated rings. The summed E-state index contributed by atoms with van der Waals surface area (Å²) in [6.07, 6.45) is 0. The van der Waals surface area contributed by atoms with Crippen LogP contribution in [0.25, 0.3) is 0 Å². The van der Waals surface area contributed by atoms with Gasteiger partial charge < -0.3 is 0 Å². The van der Waals surface area contributed by atoms with Crippen LogP contribution in [-0.2, 0) is 19.5 Å². The Labute approximate surface area is 69.7 Å². The van der Waals surface area contributed by atoms with Gasteiger partial charge >= 0.3 is 50.9 Å². The van der Waals surface area contributed by atoms with Crippen LogP contribution in [0, 0.1) is 0 Å². The fraction of sp³-hybridized carbons (Fsp3) is 0. The maximum atomic E-state index is 0. The summed E-state index contributed by atoms with van der Waals surface area (Å²) in [5.74, 6) is 0. The molecule has 0 aromatic carbocycles. The molecule has 0 unspecified atom stereocenters. The molecular weight excluding hydrogens is 281 g/mol. The average molecular weight is 287 g/mol. The van der Waals surface area contributed by atoms with Gasteiger partial charge in [-0.3, -0.25) is 0 Å². The predicted molar refractivity (Wildman–Crippen MR) is 25.6 cm³/mol. The van der Waals surface area contributed by atoms with Gasteiger partial charge in [-0.1, -0.05) is 0 Å². The second-order valence-electron chi connectivity index (χ2n) is 0. The molecule has 0 amide bonds. The van der Waals surface area contributed by atoms with Gasteiger partial charge in [0.15, 0.2) is 0 Å². The standard InChI is InChI=1S/Be.H2Se.H2Te.Zn.2H/h;2*1H2;;;. The predicted octanol–water partition coefficient (Wildman–Crippen LogP) is -2.75. The molecule has 0 nitrogen and oxygen atoms in total. The van der Waals surface area contributed by atoms with E-state index in [-0.39, 0.29) is 70.3 Å². The van der Waals surface area contributed by atoms with Crippen LogP contribution < -0.4 is 0 Å². The van der Waals surface area contributed by atoms with Crippen LogP contribution in [0.4, 0.5) is 0 Å². The summed E-state index contributed by atoms with van der Waals surface area (Å²) in [5, 5.41) is 0. The van der Waals surface area contributed by atoms with E-state index in [9.17, 15) is 0 Å². The fourth-order valence-corrected chi connectivity index (χ4v) is 0. The largest absolute Gasteiger partial charge is 0 e. The zero-order valence-corrected chi connectivity index (χ0v) is 9.63. The van der Waals surface area contributed by atoms with E-state index in [0.717, 1.165) is 0 Å². The second kappa shape index (κ2) is 19.4. The van der Waals surface area contributed by atoms with E-state index in [4.69, 9.17) is 0 Å². The van der Waals surface area contributed by atoms with Crippen LogP contribution in [-0.4, -0.2) is 50.9 Å². The quantitative estimate of drug-likeness (QED) is 0.424. The Hall–Kier alpha value is 2.10. The molecule has 4 heteroatoms. The van der Waals surface area contributed by atoms with Crippen LogP contribution in [0.3, 0.4) is 0 Å². The molecular formula is H6BeSeTeZn. The van der Waals surface area contributed by atoms with Crippen molar-refractivity contribution >= 4 is 50.9 Å². The Morgan fingerprint density at radius 3 is 1.00 bits per heavy atom. The van der Waals surface area contributed by atoms with Crippen LogP contribution >= 0.6 is 0 Å². The molecule has 4 heavy (non-hydrogen) atoms. The summed E-state index contributed by atoms with van der Waals surface area (Å²) in [6.45, 7) is 0. The molecule has 0 spiro atoms. The molecule has 0 aromatic rings. The van der Waals surface area contributed by atoms with E-state index >= 15 is 0 Å². The smallest absolute Gasteiger partial charge is 0 e. The van der Waals surface area contributed by atoms with E-state index in [1.54, 1.807) is 0 Å². The summed E-state index contributed by atoms with van der Waals surface area (Å²) >= 11 is 0. The monoisotopic (exact) mass is 289 g/mol. The van der Waals surface area contributed by atoms with E-state index in [1.807, 2.05) is 0 Å². The van der Waals surface area contributed by atoms with Crippen LogP contribution in [0.2, 0.25) is 0 Å². The first-order valence-corrected chi connectivity index (χ1v) is 0. The van der Waals surface area contributed by atoms with Gasteiger partial charge in [0.1, 0.15) is 0 Å². The third-order valence-electron chi connectivity index (χ3n) is 0. The van der Waals surface area contributed by atoms with Crippen LogP contribution in [0.15, 0.2) is 0 Å². The van der Waals surface area contributed by atoms with Crippen molar-refractivity contribution in [1.82, 2.24) is 0 Å². The molecule has 0 saturated heterocycles. The minimum Gasteiger partial charge on any atom is 0 e. The Kier molecular flexibility index (Phi) is 175. The van der Waals surface area contributed by atoms with Crippen molar-refractivity contribution in [2.24, 2.45) is 0 Å². The molecule has 0 rings (SSSR count). The molecule has 0 N–H and O–H groups in total. The number of hydrogen-bond donors (Lipinski definition) is 0. The van der Waals surface area contributed by atoms with Crippen molar-refractivity contribution in [2.45, 2.75) is 0 Å². The topological polar surface area (TPSA) is 0 Å². The van der Waals surface area contributed by atoms with Crippen LogP contribution in [0.1, 0.15) is 0 Å². The van der Waals surface area contributed by atoms with Crippen molar-refractivity contribution in [3.8, 4) is 0 Å². The molecule has 0 atom stereocenters. The van der Waals surface area contributed by atoms with Crippen molar-refractivity contribution in [1.29, 1.82) is 0 Å². The van der Waals surface area contributed by atoms with E-state index in [1.165, 1.54) is 0 Å². The normalized spacial score (nSPS) is 0. The SMILES string of the molecule is [BeH2].[SeH2].[TeH2].[Zn]. The fourth-order valence-electron chi connectivity index (χ4n) is 0. The van der Waals surface area contributed by atoms with Gasteiger partial charge in [0.2, 0.25) is 0 Å². The molecule has 0 bridgehead atoms. The summed E-state index contributed by atoms with van der Waals surface area (Å²) in [6, 6.07) is 0. The van der Waals surface area contributed by atoms with Gasteiger partial charge in [0, 0.05) is 19.5 Å². The van der Waals surface area contributed by atoms with Gasteiger partial charge in [0.05, 0.1) is 0 Å². The number of hydrogen-bond acceptors (Lipinski definition) is 0. The Balaban J connectivity index is 0. The zero-order chi connectivity index (χ0) is 0. The minimum absolute atomic E-state index is 0. The third-order valence-corrected chi connectivity index (χ3v) is 0. The van der Waals surface area contributed by atoms with Crippen molar-refractivity contribution in [3.05, 3.63) is 0 Å². The van der Waals surface area contributed by atoms with Crippen LogP contribution in [0.5, 0.6) is 0 Å². The first-order chi connectivity index (χ1) is 0.